The SMILES string of the molecule is CS[C@@H]1CC[C@H](N(C)S(=O)(=O)c2cnc(C(C)C)[nH]2)C1. The molecule has 2 atom stereocenters. The number of rotatable bonds is 5. The zero-order valence-corrected chi connectivity index (χ0v) is 14.1. The van der Waals surface area contributed by atoms with Crippen molar-refractivity contribution in [3.8, 4) is 0 Å². The fraction of sp³-hybridized carbons (Fsp3) is 0.769. The molecule has 20 heavy (non-hydrogen) atoms. The monoisotopic (exact) mass is 317 g/mol. The zero-order chi connectivity index (χ0) is 14.9. The first-order chi connectivity index (χ1) is 9.36. The van der Waals surface area contributed by atoms with E-state index in [9.17, 15) is 8.42 Å². The summed E-state index contributed by atoms with van der Waals surface area (Å²) < 4.78 is 26.7. The molecule has 0 aromatic carbocycles. The molecule has 1 saturated carbocycles. The second kappa shape index (κ2) is 6.07. The summed E-state index contributed by atoms with van der Waals surface area (Å²) in [6, 6.07) is 0.100. The van der Waals surface area contributed by atoms with Gasteiger partial charge in [-0.25, -0.2) is 13.4 Å². The number of thioether (sulfide) groups is 1. The second-order valence-corrected chi connectivity index (χ2v) is 8.74. The number of hydrogen-bond acceptors (Lipinski definition) is 4. The number of nitrogens with one attached hydrogen (secondary N) is 1. The molecule has 5 nitrogen and oxygen atoms in total. The van der Waals surface area contributed by atoms with Crippen LogP contribution in [0.15, 0.2) is 11.2 Å². The van der Waals surface area contributed by atoms with Gasteiger partial charge in [-0.15, -0.1) is 0 Å². The standard InChI is InChI=1S/C13H23N3O2S2/c1-9(2)13-14-8-12(15-13)20(17,18)16(3)10-5-6-11(7-10)19-4/h8-11H,5-7H2,1-4H3,(H,14,15)/t10-,11+/m0/s1. The highest BCUT2D eigenvalue weighted by atomic mass is 32.2. The first-order valence-electron chi connectivity index (χ1n) is 6.92. The lowest BCUT2D eigenvalue weighted by molar-refractivity contribution is 0.372. The van der Waals surface area contributed by atoms with Gasteiger partial charge in [0, 0.05) is 24.3 Å². The van der Waals surface area contributed by atoms with E-state index in [4.69, 9.17) is 0 Å². The van der Waals surface area contributed by atoms with Crippen LogP contribution in [0.1, 0.15) is 44.9 Å². The van der Waals surface area contributed by atoms with E-state index in [-0.39, 0.29) is 17.0 Å². The van der Waals surface area contributed by atoms with Gasteiger partial charge in [0.05, 0.1) is 6.20 Å². The van der Waals surface area contributed by atoms with Crippen LogP contribution in [-0.2, 0) is 10.0 Å². The molecule has 0 saturated heterocycles. The van der Waals surface area contributed by atoms with Crippen LogP contribution in [0.2, 0.25) is 0 Å². The maximum Gasteiger partial charge on any atom is 0.260 e. The van der Waals surface area contributed by atoms with Gasteiger partial charge in [-0.1, -0.05) is 13.8 Å². The van der Waals surface area contributed by atoms with E-state index >= 15 is 0 Å². The van der Waals surface area contributed by atoms with Crippen molar-refractivity contribution in [1.29, 1.82) is 0 Å². The highest BCUT2D eigenvalue weighted by molar-refractivity contribution is 7.99. The molecule has 0 amide bonds. The van der Waals surface area contributed by atoms with Gasteiger partial charge in [-0.2, -0.15) is 16.1 Å². The van der Waals surface area contributed by atoms with Crippen LogP contribution in [0.5, 0.6) is 0 Å². The fourth-order valence-electron chi connectivity index (χ4n) is 2.56. The number of aromatic nitrogens is 2. The third-order valence-corrected chi connectivity index (χ3v) is 6.89. The average molecular weight is 317 g/mol. The summed E-state index contributed by atoms with van der Waals surface area (Å²) in [5.74, 6) is 0.905. The molecule has 0 spiro atoms. The normalized spacial score (nSPS) is 23.9. The van der Waals surface area contributed by atoms with Crippen molar-refractivity contribution < 1.29 is 8.42 Å². The van der Waals surface area contributed by atoms with Crippen LogP contribution in [-0.4, -0.2) is 47.3 Å². The van der Waals surface area contributed by atoms with Crippen molar-refractivity contribution in [1.82, 2.24) is 14.3 Å². The number of imidazole rings is 1. The first-order valence-corrected chi connectivity index (χ1v) is 9.64. The third-order valence-electron chi connectivity index (χ3n) is 3.98. The number of hydrogen-bond donors (Lipinski definition) is 1. The molecular weight excluding hydrogens is 294 g/mol. The van der Waals surface area contributed by atoms with Gasteiger partial charge in [0.25, 0.3) is 10.0 Å². The van der Waals surface area contributed by atoms with E-state index in [0.717, 1.165) is 19.3 Å². The van der Waals surface area contributed by atoms with Crippen molar-refractivity contribution in [3.63, 3.8) is 0 Å². The molecule has 0 aliphatic heterocycles. The van der Waals surface area contributed by atoms with Gasteiger partial charge in [-0.3, -0.25) is 0 Å². The Hall–Kier alpha value is -0.530. The zero-order valence-electron chi connectivity index (χ0n) is 12.5. The Morgan fingerprint density at radius 3 is 2.65 bits per heavy atom. The molecule has 114 valence electrons. The second-order valence-electron chi connectivity index (χ2n) is 5.63. The minimum atomic E-state index is -3.46. The van der Waals surface area contributed by atoms with Crippen LogP contribution in [0.25, 0.3) is 0 Å². The minimum Gasteiger partial charge on any atom is -0.332 e. The lowest BCUT2D eigenvalue weighted by atomic mass is 10.2. The predicted molar refractivity (Wildman–Crippen MR) is 82.6 cm³/mol. The van der Waals surface area contributed by atoms with Gasteiger partial charge in [0.15, 0.2) is 5.03 Å². The van der Waals surface area contributed by atoms with Crippen molar-refractivity contribution in [3.05, 3.63) is 12.0 Å². The molecule has 1 aromatic rings. The summed E-state index contributed by atoms with van der Waals surface area (Å²) >= 11 is 1.83. The maximum absolute atomic E-state index is 12.6. The van der Waals surface area contributed by atoms with Gasteiger partial charge in [0.1, 0.15) is 5.82 Å². The van der Waals surface area contributed by atoms with E-state index in [1.54, 1.807) is 7.05 Å². The fourth-order valence-corrected chi connectivity index (χ4v) is 4.66. The quantitative estimate of drug-likeness (QED) is 0.906. The molecule has 1 aliphatic carbocycles. The molecule has 1 heterocycles. The van der Waals surface area contributed by atoms with E-state index in [2.05, 4.69) is 16.2 Å². The molecule has 7 heteroatoms. The molecule has 0 radical (unpaired) electrons. The smallest absolute Gasteiger partial charge is 0.260 e. The summed E-state index contributed by atoms with van der Waals surface area (Å²) in [6.45, 7) is 3.97. The number of sulfonamides is 1. The lowest BCUT2D eigenvalue weighted by Crippen LogP contribution is -2.35. The largest absolute Gasteiger partial charge is 0.332 e. The van der Waals surface area contributed by atoms with Gasteiger partial charge in [-0.05, 0) is 25.5 Å². The molecule has 2 rings (SSSR count). The molecular formula is C13H23N3O2S2. The molecule has 0 bridgehead atoms. The van der Waals surface area contributed by atoms with Crippen molar-refractivity contribution in [2.75, 3.05) is 13.3 Å². The Kier molecular flexibility index (Phi) is 4.81. The highest BCUT2D eigenvalue weighted by Crippen LogP contribution is 2.33. The van der Waals surface area contributed by atoms with Crippen molar-refractivity contribution in [2.24, 2.45) is 0 Å². The average Bonchev–Trinajstić information content (AvgIpc) is 3.06. The molecule has 1 fully saturated rings. The van der Waals surface area contributed by atoms with Gasteiger partial charge in [0.2, 0.25) is 0 Å². The number of H-pyrrole nitrogens is 1. The Morgan fingerprint density at radius 2 is 2.15 bits per heavy atom. The van der Waals surface area contributed by atoms with Crippen LogP contribution < -0.4 is 0 Å². The number of nitrogens with zero attached hydrogens (tertiary/aromatic N) is 2. The minimum absolute atomic E-state index is 0.100. The Labute approximate surface area is 125 Å². The van der Waals surface area contributed by atoms with Crippen LogP contribution in [0, 0.1) is 0 Å². The maximum atomic E-state index is 12.6. The van der Waals surface area contributed by atoms with Gasteiger partial charge < -0.3 is 4.98 Å². The Balaban J connectivity index is 2.17. The molecule has 1 aromatic heterocycles. The van der Waals surface area contributed by atoms with Crippen LogP contribution >= 0.6 is 11.8 Å². The van der Waals surface area contributed by atoms with Crippen molar-refractivity contribution >= 4 is 21.8 Å². The molecule has 0 unspecified atom stereocenters. The van der Waals surface area contributed by atoms with E-state index < -0.39 is 10.0 Å². The molecule has 1 N–H and O–H groups in total. The first kappa shape index (κ1) is 15.9. The summed E-state index contributed by atoms with van der Waals surface area (Å²) in [5.41, 5.74) is 0. The van der Waals surface area contributed by atoms with E-state index in [1.807, 2.05) is 25.6 Å². The summed E-state index contributed by atoms with van der Waals surface area (Å²) in [5, 5.41) is 0.780. The van der Waals surface area contributed by atoms with E-state index in [0.29, 0.717) is 11.1 Å². The highest BCUT2D eigenvalue weighted by Gasteiger charge is 2.34. The van der Waals surface area contributed by atoms with Gasteiger partial charge >= 0.3 is 0 Å². The topological polar surface area (TPSA) is 66.1 Å². The number of aromatic amines is 1. The summed E-state index contributed by atoms with van der Waals surface area (Å²) in [7, 11) is -1.78. The van der Waals surface area contributed by atoms with Crippen molar-refractivity contribution in [2.45, 2.75) is 55.3 Å². The Bertz CT molecular complexity index is 554. The molecule has 1 aliphatic rings. The third kappa shape index (κ3) is 3.04. The summed E-state index contributed by atoms with van der Waals surface area (Å²) in [6.07, 6.45) is 6.48. The Morgan fingerprint density at radius 1 is 1.45 bits per heavy atom. The predicted octanol–water partition coefficient (Wildman–Crippen LogP) is 2.44. The van der Waals surface area contributed by atoms with E-state index in [1.165, 1.54) is 10.5 Å². The lowest BCUT2D eigenvalue weighted by Gasteiger charge is -2.23. The summed E-state index contributed by atoms with van der Waals surface area (Å²) in [4.78, 5) is 7.09. The van der Waals surface area contributed by atoms with Crippen LogP contribution in [0.3, 0.4) is 0 Å². The van der Waals surface area contributed by atoms with Crippen LogP contribution in [0.4, 0.5) is 0 Å².